The lowest BCUT2D eigenvalue weighted by atomic mass is 9.88. The Labute approximate surface area is 122 Å². The van der Waals surface area contributed by atoms with E-state index in [9.17, 15) is 14.0 Å². The number of aldehydes is 1. The van der Waals surface area contributed by atoms with E-state index in [0.29, 0.717) is 19.3 Å². The van der Waals surface area contributed by atoms with Gasteiger partial charge in [-0.15, -0.1) is 0 Å². The molecule has 0 fully saturated rings. The van der Waals surface area contributed by atoms with Gasteiger partial charge in [0.2, 0.25) is 6.29 Å². The normalized spacial score (nSPS) is 17.2. The number of benzene rings is 2. The molecule has 1 atom stereocenters. The van der Waals surface area contributed by atoms with E-state index in [1.807, 2.05) is 24.3 Å². The molecule has 4 heteroatoms. The van der Waals surface area contributed by atoms with Gasteiger partial charge in [0.05, 0.1) is 6.04 Å². The van der Waals surface area contributed by atoms with E-state index >= 15 is 0 Å². The van der Waals surface area contributed by atoms with Crippen LogP contribution in [0.5, 0.6) is 0 Å². The van der Waals surface area contributed by atoms with E-state index in [4.69, 9.17) is 0 Å². The molecule has 21 heavy (non-hydrogen) atoms. The Hall–Kier alpha value is -2.49. The van der Waals surface area contributed by atoms with E-state index in [0.717, 1.165) is 16.7 Å². The summed E-state index contributed by atoms with van der Waals surface area (Å²) in [5.41, 5.74) is 2.95. The Bertz CT molecular complexity index is 681. The highest BCUT2D eigenvalue weighted by Crippen LogP contribution is 2.34. The van der Waals surface area contributed by atoms with Crippen molar-refractivity contribution in [1.82, 2.24) is 4.90 Å². The third-order valence-electron chi connectivity index (χ3n) is 3.85. The number of amides is 1. The third-order valence-corrected chi connectivity index (χ3v) is 3.85. The quantitative estimate of drug-likeness (QED) is 0.627. The maximum absolute atomic E-state index is 13.1. The number of carbonyl (C=O) groups is 2. The lowest BCUT2D eigenvalue weighted by Gasteiger charge is -2.36. The molecule has 1 heterocycles. The van der Waals surface area contributed by atoms with Crippen LogP contribution in [0.2, 0.25) is 0 Å². The lowest BCUT2D eigenvalue weighted by Crippen LogP contribution is -2.41. The molecule has 0 N–H and O–H groups in total. The number of fused-ring (bicyclic) bond motifs is 1. The van der Waals surface area contributed by atoms with E-state index in [2.05, 4.69) is 0 Å². The molecule has 1 amide bonds. The first kappa shape index (κ1) is 13.5. The topological polar surface area (TPSA) is 37.4 Å². The van der Waals surface area contributed by atoms with Gasteiger partial charge in [-0.3, -0.25) is 9.59 Å². The molecule has 0 unspecified atom stereocenters. The maximum Gasteiger partial charge on any atom is 0.287 e. The van der Waals surface area contributed by atoms with Crippen molar-refractivity contribution in [2.45, 2.75) is 12.5 Å². The van der Waals surface area contributed by atoms with Gasteiger partial charge in [-0.2, -0.15) is 0 Å². The zero-order valence-electron chi connectivity index (χ0n) is 11.3. The van der Waals surface area contributed by atoms with Gasteiger partial charge < -0.3 is 4.90 Å². The van der Waals surface area contributed by atoms with Crippen LogP contribution in [-0.4, -0.2) is 23.6 Å². The number of hydrogen-bond donors (Lipinski definition) is 0. The largest absolute Gasteiger partial charge is 0.325 e. The van der Waals surface area contributed by atoms with Gasteiger partial charge >= 0.3 is 0 Å². The van der Waals surface area contributed by atoms with Crippen LogP contribution in [0.4, 0.5) is 4.39 Å². The molecule has 0 bridgehead atoms. The Morgan fingerprint density at radius 1 is 1.14 bits per heavy atom. The molecule has 0 saturated carbocycles. The molecular formula is C17H14FNO2. The molecule has 0 aromatic heterocycles. The van der Waals surface area contributed by atoms with Gasteiger partial charge in [0.15, 0.2) is 0 Å². The van der Waals surface area contributed by atoms with E-state index in [1.54, 1.807) is 17.0 Å². The van der Waals surface area contributed by atoms with Gasteiger partial charge in [0, 0.05) is 6.54 Å². The molecular weight excluding hydrogens is 269 g/mol. The second kappa shape index (κ2) is 5.48. The fourth-order valence-electron chi connectivity index (χ4n) is 2.88. The van der Waals surface area contributed by atoms with Crippen molar-refractivity contribution in [3.05, 3.63) is 71.0 Å². The Morgan fingerprint density at radius 3 is 2.57 bits per heavy atom. The summed E-state index contributed by atoms with van der Waals surface area (Å²) in [4.78, 5) is 24.4. The summed E-state index contributed by atoms with van der Waals surface area (Å²) in [7, 11) is 0. The number of halogens is 1. The summed E-state index contributed by atoms with van der Waals surface area (Å²) in [6, 6.07) is 13.6. The Balaban J connectivity index is 2.11. The summed E-state index contributed by atoms with van der Waals surface area (Å²) in [6.07, 6.45) is 1.05. The second-order valence-electron chi connectivity index (χ2n) is 5.05. The minimum absolute atomic E-state index is 0.323. The monoisotopic (exact) mass is 283 g/mol. The molecule has 1 aliphatic rings. The van der Waals surface area contributed by atoms with Crippen LogP contribution in [0.3, 0.4) is 0 Å². The van der Waals surface area contributed by atoms with Gasteiger partial charge in [0.1, 0.15) is 5.82 Å². The highest BCUT2D eigenvalue weighted by molar-refractivity contribution is 6.23. The third kappa shape index (κ3) is 2.44. The first-order valence-corrected chi connectivity index (χ1v) is 6.80. The highest BCUT2D eigenvalue weighted by Gasteiger charge is 2.31. The van der Waals surface area contributed by atoms with Crippen molar-refractivity contribution in [2.75, 3.05) is 6.54 Å². The van der Waals surface area contributed by atoms with Gasteiger partial charge in [-0.05, 0) is 35.2 Å². The number of nitrogens with zero attached hydrogens (tertiary/aromatic N) is 1. The summed E-state index contributed by atoms with van der Waals surface area (Å²) >= 11 is 0. The SMILES string of the molecule is O=CC(=O)N1CCc2ccccc2[C@@H]1c1ccc(F)cc1. The van der Waals surface area contributed by atoms with Crippen molar-refractivity contribution in [2.24, 2.45) is 0 Å². The fraction of sp³-hybridized carbons (Fsp3) is 0.176. The second-order valence-corrected chi connectivity index (χ2v) is 5.05. The van der Waals surface area contributed by atoms with E-state index < -0.39 is 5.91 Å². The molecule has 3 rings (SSSR count). The smallest absolute Gasteiger partial charge is 0.287 e. The Kier molecular flexibility index (Phi) is 3.52. The molecule has 2 aromatic rings. The van der Waals surface area contributed by atoms with Crippen LogP contribution in [0.1, 0.15) is 22.7 Å². The average molecular weight is 283 g/mol. The predicted octanol–water partition coefficient (Wildman–Crippen LogP) is 2.50. The van der Waals surface area contributed by atoms with Crippen LogP contribution in [-0.2, 0) is 16.0 Å². The molecule has 0 saturated heterocycles. The first-order valence-electron chi connectivity index (χ1n) is 6.80. The minimum atomic E-state index is -0.543. The van der Waals surface area contributed by atoms with E-state index in [-0.39, 0.29) is 11.9 Å². The summed E-state index contributed by atoms with van der Waals surface area (Å²) in [5.74, 6) is -0.866. The van der Waals surface area contributed by atoms with Crippen LogP contribution in [0.15, 0.2) is 48.5 Å². The molecule has 106 valence electrons. The van der Waals surface area contributed by atoms with Crippen LogP contribution < -0.4 is 0 Å². The highest BCUT2D eigenvalue weighted by atomic mass is 19.1. The van der Waals surface area contributed by atoms with Gasteiger partial charge in [0.25, 0.3) is 5.91 Å². The summed E-state index contributed by atoms with van der Waals surface area (Å²) in [5, 5.41) is 0. The molecule has 3 nitrogen and oxygen atoms in total. The molecule has 1 aliphatic heterocycles. The number of rotatable bonds is 2. The molecule has 0 aliphatic carbocycles. The average Bonchev–Trinajstić information content (AvgIpc) is 2.54. The maximum atomic E-state index is 13.1. The van der Waals surface area contributed by atoms with Crippen molar-refractivity contribution in [3.63, 3.8) is 0 Å². The zero-order chi connectivity index (χ0) is 14.8. The van der Waals surface area contributed by atoms with E-state index in [1.165, 1.54) is 12.1 Å². The van der Waals surface area contributed by atoms with Crippen LogP contribution in [0.25, 0.3) is 0 Å². The van der Waals surface area contributed by atoms with Gasteiger partial charge in [-0.1, -0.05) is 36.4 Å². The van der Waals surface area contributed by atoms with Crippen molar-refractivity contribution >= 4 is 12.2 Å². The first-order chi connectivity index (χ1) is 10.2. The Morgan fingerprint density at radius 2 is 1.86 bits per heavy atom. The fourth-order valence-corrected chi connectivity index (χ4v) is 2.88. The number of carbonyl (C=O) groups excluding carboxylic acids is 2. The minimum Gasteiger partial charge on any atom is -0.325 e. The van der Waals surface area contributed by atoms with Gasteiger partial charge in [-0.25, -0.2) is 4.39 Å². The van der Waals surface area contributed by atoms with Crippen molar-refractivity contribution in [3.8, 4) is 0 Å². The molecule has 0 radical (unpaired) electrons. The van der Waals surface area contributed by atoms with Crippen molar-refractivity contribution < 1.29 is 14.0 Å². The van der Waals surface area contributed by atoms with Crippen LogP contribution in [0, 0.1) is 5.82 Å². The number of hydrogen-bond acceptors (Lipinski definition) is 2. The van der Waals surface area contributed by atoms with Crippen LogP contribution >= 0.6 is 0 Å². The molecule has 2 aromatic carbocycles. The molecule has 0 spiro atoms. The summed E-state index contributed by atoms with van der Waals surface area (Å²) in [6.45, 7) is 0.483. The lowest BCUT2D eigenvalue weighted by molar-refractivity contribution is -0.140. The zero-order valence-corrected chi connectivity index (χ0v) is 11.3. The predicted molar refractivity (Wildman–Crippen MR) is 76.2 cm³/mol. The summed E-state index contributed by atoms with van der Waals surface area (Å²) < 4.78 is 13.1. The standard InChI is InChI=1S/C17H14FNO2/c18-14-7-5-13(6-8-14)17-15-4-2-1-3-12(15)9-10-19(17)16(21)11-20/h1-8,11,17H,9-10H2/t17-/m0/s1. The van der Waals surface area contributed by atoms with Crippen molar-refractivity contribution in [1.29, 1.82) is 0 Å².